The van der Waals surface area contributed by atoms with Gasteiger partial charge in [-0.05, 0) is 6.07 Å². The summed E-state index contributed by atoms with van der Waals surface area (Å²) in [4.78, 5) is 10.8. The first-order valence-electron chi connectivity index (χ1n) is 3.36. The van der Waals surface area contributed by atoms with Gasteiger partial charge in [-0.3, -0.25) is 0 Å². The molecule has 0 saturated carbocycles. The number of rotatable bonds is 0. The van der Waals surface area contributed by atoms with E-state index in [1.807, 2.05) is 0 Å². The maximum Gasteiger partial charge on any atom is 0.283 e. The Morgan fingerprint density at radius 3 is 3.00 bits per heavy atom. The van der Waals surface area contributed by atoms with E-state index in [9.17, 15) is 10.1 Å². The maximum atomic E-state index is 10.7. The molecule has 0 fully saturated rings. The molecule has 5 nitrogen and oxygen atoms in total. The van der Waals surface area contributed by atoms with Gasteiger partial charge in [0, 0.05) is 5.39 Å². The third kappa shape index (κ3) is 0.914. The van der Waals surface area contributed by atoms with Gasteiger partial charge < -0.3 is 5.21 Å². The van der Waals surface area contributed by atoms with Gasteiger partial charge in [0.15, 0.2) is 0 Å². The van der Waals surface area contributed by atoms with Crippen LogP contribution >= 0.6 is 0 Å². The molecular weight excluding hydrogens is 158 g/mol. The molecule has 0 unspecified atom stereocenters. The van der Waals surface area contributed by atoms with E-state index < -0.39 is 0 Å². The van der Waals surface area contributed by atoms with Crippen molar-refractivity contribution >= 4 is 10.9 Å². The first-order chi connectivity index (χ1) is 5.77. The van der Waals surface area contributed by atoms with Gasteiger partial charge in [0.1, 0.15) is 5.52 Å². The molecule has 2 rings (SSSR count). The summed E-state index contributed by atoms with van der Waals surface area (Å²) in [5, 5.41) is 14.9. The minimum absolute atomic E-state index is 0.00231. The number of hydrogen-bond donors (Lipinski definition) is 0. The highest BCUT2D eigenvalue weighted by Gasteiger charge is 2.00. The lowest BCUT2D eigenvalue weighted by molar-refractivity contribution is -0.646. The molecule has 1 heterocycles. The van der Waals surface area contributed by atoms with Gasteiger partial charge in [0.05, 0.1) is 16.2 Å². The summed E-state index contributed by atoms with van der Waals surface area (Å²) in [6, 6.07) is 6.92. The van der Waals surface area contributed by atoms with E-state index in [0.717, 1.165) is 0 Å². The Balaban J connectivity index is 2.93. The van der Waals surface area contributed by atoms with Crippen molar-refractivity contribution in [3.63, 3.8) is 0 Å². The van der Waals surface area contributed by atoms with Crippen molar-refractivity contribution in [3.05, 3.63) is 40.6 Å². The highest BCUT2D eigenvalue weighted by molar-refractivity contribution is 5.76. The van der Waals surface area contributed by atoms with E-state index in [4.69, 9.17) is 0 Å². The molecule has 2 aromatic rings. The molecule has 0 bridgehead atoms. The van der Waals surface area contributed by atoms with Crippen molar-refractivity contribution in [3.8, 4) is 0 Å². The molecule has 1 aromatic heterocycles. The molecule has 12 heavy (non-hydrogen) atoms. The van der Waals surface area contributed by atoms with E-state index in [0.29, 0.717) is 10.9 Å². The van der Waals surface area contributed by atoms with Crippen molar-refractivity contribution in [1.29, 1.82) is 0 Å². The average Bonchev–Trinajstić information content (AvgIpc) is 2.07. The van der Waals surface area contributed by atoms with Crippen LogP contribution in [0.3, 0.4) is 0 Å². The van der Waals surface area contributed by atoms with Crippen molar-refractivity contribution in [2.45, 2.75) is 0 Å². The molecule has 60 valence electrons. The Morgan fingerprint density at radius 1 is 1.42 bits per heavy atom. The van der Waals surface area contributed by atoms with Crippen LogP contribution in [-0.4, -0.2) is 9.94 Å². The molecule has 0 radical (unpaired) electrons. The smallest absolute Gasteiger partial charge is 0.283 e. The number of hydrogen-bond acceptors (Lipinski definition) is 3. The Labute approximate surface area is 67.0 Å². The number of nitrogens with zero attached hydrogens (tertiary/aromatic N) is 3. The monoisotopic (exact) mass is 163 g/mol. The summed E-state index contributed by atoms with van der Waals surface area (Å²) in [5.74, 6) is 0. The van der Waals surface area contributed by atoms with Crippen molar-refractivity contribution < 1.29 is 4.66 Å². The molecule has 0 atom stereocenters. The van der Waals surface area contributed by atoms with E-state index >= 15 is 0 Å². The lowest BCUT2D eigenvalue weighted by atomic mass is 10.2. The summed E-state index contributed by atoms with van der Waals surface area (Å²) < 4.78 is 0.00231. The second-order valence-electron chi connectivity index (χ2n) is 2.34. The predicted octanol–water partition coefficient (Wildman–Crippen LogP) is 0.297. The Bertz CT molecular complexity index is 477. The van der Waals surface area contributed by atoms with Crippen molar-refractivity contribution in [2.24, 2.45) is 0 Å². The molecule has 0 spiro atoms. The van der Waals surface area contributed by atoms with Crippen LogP contribution in [0.4, 0.5) is 0 Å². The quantitative estimate of drug-likeness (QED) is 0.524. The van der Waals surface area contributed by atoms with Crippen molar-refractivity contribution in [1.82, 2.24) is 9.94 Å². The first kappa shape index (κ1) is 6.78. The van der Waals surface area contributed by atoms with Gasteiger partial charge in [-0.2, -0.15) is 0 Å². The van der Waals surface area contributed by atoms with E-state index in [2.05, 4.69) is 5.10 Å². The van der Waals surface area contributed by atoms with Crippen LogP contribution in [-0.2, 0) is 0 Å². The summed E-state index contributed by atoms with van der Waals surface area (Å²) in [5.41, 5.74) is 0.514. The molecule has 0 amide bonds. The summed E-state index contributed by atoms with van der Waals surface area (Å²) in [7, 11) is 0. The lowest BCUT2D eigenvalue weighted by Crippen LogP contribution is -2.31. The fraction of sp³-hybridized carbons (Fsp3) is 0. The zero-order valence-electron chi connectivity index (χ0n) is 6.04. The zero-order valence-corrected chi connectivity index (χ0v) is 6.04. The topological polar surface area (TPSA) is 63.8 Å². The number of fused-ring (bicyclic) bond motifs is 1. The summed E-state index contributed by atoms with van der Waals surface area (Å²) in [6.07, 6.45) is 1.19. The molecule has 0 aliphatic rings. The van der Waals surface area contributed by atoms with Crippen LogP contribution in [0, 0.1) is 10.1 Å². The van der Waals surface area contributed by atoms with Gasteiger partial charge >= 0.3 is 0 Å². The highest BCUT2D eigenvalue weighted by atomic mass is 16.5. The summed E-state index contributed by atoms with van der Waals surface area (Å²) >= 11 is 0. The van der Waals surface area contributed by atoms with Crippen molar-refractivity contribution in [2.75, 3.05) is 0 Å². The third-order valence-corrected chi connectivity index (χ3v) is 1.55. The average molecular weight is 163 g/mol. The van der Waals surface area contributed by atoms with Gasteiger partial charge in [-0.15, -0.1) is 0 Å². The Morgan fingerprint density at radius 2 is 2.17 bits per heavy atom. The van der Waals surface area contributed by atoms with Gasteiger partial charge in [-0.1, -0.05) is 23.0 Å². The highest BCUT2D eigenvalue weighted by Crippen LogP contribution is 2.05. The van der Waals surface area contributed by atoms with Gasteiger partial charge in [0.2, 0.25) is 0 Å². The van der Waals surface area contributed by atoms with Crippen LogP contribution in [0.2, 0.25) is 0 Å². The van der Waals surface area contributed by atoms with Crippen LogP contribution in [0.1, 0.15) is 0 Å². The predicted molar refractivity (Wildman–Crippen MR) is 41.9 cm³/mol. The largest absolute Gasteiger partial charge is 0.754 e. The standard InChI is InChI=1S/C7H5N3O2/c11-9-5-6-3-1-2-4-7(6)8-10(9)12/h1-5H. The molecule has 0 aliphatic heterocycles. The molecule has 0 N–H and O–H groups in total. The van der Waals surface area contributed by atoms with Gasteiger partial charge in [-0.25, -0.2) is 0 Å². The molecular formula is C7H5N3O2. The minimum atomic E-state index is 0.00231. The SMILES string of the molecule is O=[n+]1nc2ccccc2cn1[O-]. The number of aromatic nitrogens is 3. The normalized spacial score (nSPS) is 10.3. The lowest BCUT2D eigenvalue weighted by Gasteiger charge is -1.97. The van der Waals surface area contributed by atoms with Crippen LogP contribution < -0.4 is 4.66 Å². The summed E-state index contributed by atoms with van der Waals surface area (Å²) in [6.45, 7) is 0. The number of benzene rings is 1. The molecule has 0 aliphatic carbocycles. The fourth-order valence-electron chi connectivity index (χ4n) is 0.992. The molecule has 5 heteroatoms. The van der Waals surface area contributed by atoms with Gasteiger partial charge in [0.25, 0.3) is 4.66 Å². The minimum Gasteiger partial charge on any atom is -0.754 e. The maximum absolute atomic E-state index is 10.7. The molecule has 1 aromatic carbocycles. The van der Waals surface area contributed by atoms with E-state index in [1.54, 1.807) is 24.3 Å². The third-order valence-electron chi connectivity index (χ3n) is 1.55. The molecule has 0 saturated heterocycles. The van der Waals surface area contributed by atoms with E-state index in [-0.39, 0.29) is 9.50 Å². The Hall–Kier alpha value is -1.91. The van der Waals surface area contributed by atoms with Crippen LogP contribution in [0.5, 0.6) is 0 Å². The fourth-order valence-corrected chi connectivity index (χ4v) is 0.992. The zero-order chi connectivity index (χ0) is 8.55. The first-order valence-corrected chi connectivity index (χ1v) is 3.36. The van der Waals surface area contributed by atoms with E-state index in [1.165, 1.54) is 6.20 Å². The van der Waals surface area contributed by atoms with Crippen LogP contribution in [0.15, 0.2) is 30.5 Å². The Kier molecular flexibility index (Phi) is 1.30. The van der Waals surface area contributed by atoms with Crippen LogP contribution in [0.25, 0.3) is 10.9 Å². The second kappa shape index (κ2) is 2.30. The second-order valence-corrected chi connectivity index (χ2v) is 2.34.